The molecule has 3 aromatic carbocycles. The largest absolute Gasteiger partial charge is 0.491 e. The van der Waals surface area contributed by atoms with Crippen molar-refractivity contribution in [3.8, 4) is 5.75 Å². The molecule has 0 saturated heterocycles. The fraction of sp³-hybridized carbons (Fsp3) is 0.143. The van der Waals surface area contributed by atoms with Crippen LogP contribution in [0, 0.1) is 0 Å². The van der Waals surface area contributed by atoms with Gasteiger partial charge in [-0.2, -0.15) is 0 Å². The zero-order valence-electron chi connectivity index (χ0n) is 16.2. The second kappa shape index (κ2) is 8.67. The Kier molecular flexibility index (Phi) is 6.40. The van der Waals surface area contributed by atoms with Crippen molar-refractivity contribution in [1.29, 1.82) is 0 Å². The number of benzene rings is 3. The lowest BCUT2D eigenvalue weighted by Crippen LogP contribution is -2.16. The maximum absolute atomic E-state index is 13.1. The normalized spacial score (nSPS) is 12.0. The van der Waals surface area contributed by atoms with Crippen LogP contribution < -0.4 is 9.46 Å². The molecule has 0 aliphatic carbocycles. The van der Waals surface area contributed by atoms with Gasteiger partial charge in [0, 0.05) is 5.02 Å². The Morgan fingerprint density at radius 1 is 0.833 bits per heavy atom. The molecular weight excluding hydrogens is 446 g/mol. The van der Waals surface area contributed by atoms with E-state index in [1.54, 1.807) is 18.2 Å². The molecule has 6 nitrogen and oxygen atoms in total. The Morgan fingerprint density at radius 3 is 2.07 bits per heavy atom. The Labute approximate surface area is 181 Å². The third kappa shape index (κ3) is 4.95. The second-order valence-electron chi connectivity index (χ2n) is 6.70. The average molecular weight is 466 g/mol. The molecule has 1 N–H and O–H groups in total. The number of sulfonamides is 1. The molecule has 0 aliphatic heterocycles. The number of hydrogen-bond acceptors (Lipinski definition) is 5. The van der Waals surface area contributed by atoms with E-state index in [1.165, 1.54) is 54.6 Å². The van der Waals surface area contributed by atoms with Gasteiger partial charge in [0.1, 0.15) is 5.75 Å². The Balaban J connectivity index is 1.99. The van der Waals surface area contributed by atoms with Crippen LogP contribution in [0.2, 0.25) is 5.02 Å². The van der Waals surface area contributed by atoms with Crippen molar-refractivity contribution in [3.05, 3.63) is 77.8 Å². The molecule has 3 rings (SSSR count). The molecule has 0 saturated carbocycles. The highest BCUT2D eigenvalue weighted by Gasteiger charge is 2.25. The molecular formula is C21H20ClNO5S2. The predicted molar refractivity (Wildman–Crippen MR) is 116 cm³/mol. The van der Waals surface area contributed by atoms with Crippen molar-refractivity contribution < 1.29 is 21.6 Å². The number of hydrogen-bond donors (Lipinski definition) is 1. The van der Waals surface area contributed by atoms with Crippen molar-refractivity contribution >= 4 is 37.1 Å². The van der Waals surface area contributed by atoms with Crippen LogP contribution in [-0.2, 0) is 19.9 Å². The smallest absolute Gasteiger partial charge is 0.261 e. The molecule has 0 aliphatic rings. The van der Waals surface area contributed by atoms with E-state index in [9.17, 15) is 16.8 Å². The number of rotatable bonds is 7. The van der Waals surface area contributed by atoms with Gasteiger partial charge in [-0.15, -0.1) is 0 Å². The van der Waals surface area contributed by atoms with E-state index < -0.39 is 19.9 Å². The quantitative estimate of drug-likeness (QED) is 0.543. The van der Waals surface area contributed by atoms with Gasteiger partial charge in [0.25, 0.3) is 10.0 Å². The standard InChI is InChI=1S/C21H20ClNO5S2/c1-15(2)28-17-9-11-19(12-10-17)30(26,27)23-20-13-8-16(22)14-21(20)29(24,25)18-6-4-3-5-7-18/h3-15,23H,1-2H3. The molecule has 9 heteroatoms. The first kappa shape index (κ1) is 22.1. The molecule has 0 unspecified atom stereocenters. The average Bonchev–Trinajstić information content (AvgIpc) is 2.70. The van der Waals surface area contributed by atoms with Gasteiger partial charge in [-0.1, -0.05) is 29.8 Å². The molecule has 30 heavy (non-hydrogen) atoms. The van der Waals surface area contributed by atoms with Gasteiger partial charge in [0.2, 0.25) is 9.84 Å². The summed E-state index contributed by atoms with van der Waals surface area (Å²) < 4.78 is 59.7. The topological polar surface area (TPSA) is 89.5 Å². The molecule has 0 aromatic heterocycles. The lowest BCUT2D eigenvalue weighted by Gasteiger charge is -2.14. The first-order valence-electron chi connectivity index (χ1n) is 8.99. The predicted octanol–water partition coefficient (Wildman–Crippen LogP) is 4.76. The number of sulfone groups is 1. The van der Waals surface area contributed by atoms with E-state index in [0.717, 1.165) is 0 Å². The van der Waals surface area contributed by atoms with Crippen molar-refractivity contribution in [2.45, 2.75) is 34.6 Å². The maximum Gasteiger partial charge on any atom is 0.261 e. The van der Waals surface area contributed by atoms with E-state index in [4.69, 9.17) is 16.3 Å². The van der Waals surface area contributed by atoms with E-state index in [2.05, 4.69) is 4.72 Å². The molecule has 0 fully saturated rings. The van der Waals surface area contributed by atoms with E-state index in [-0.39, 0.29) is 31.5 Å². The highest BCUT2D eigenvalue weighted by Crippen LogP contribution is 2.32. The van der Waals surface area contributed by atoms with Crippen LogP contribution in [0.1, 0.15) is 13.8 Å². The number of anilines is 1. The first-order chi connectivity index (χ1) is 14.1. The summed E-state index contributed by atoms with van der Waals surface area (Å²) in [6.45, 7) is 3.73. The summed E-state index contributed by atoms with van der Waals surface area (Å²) in [5.74, 6) is 0.530. The van der Waals surface area contributed by atoms with E-state index in [0.29, 0.717) is 5.75 Å². The third-order valence-electron chi connectivity index (χ3n) is 4.04. The van der Waals surface area contributed by atoms with Crippen molar-refractivity contribution in [2.24, 2.45) is 0 Å². The van der Waals surface area contributed by atoms with Crippen LogP contribution in [0.4, 0.5) is 5.69 Å². The Morgan fingerprint density at radius 2 is 1.47 bits per heavy atom. The summed E-state index contributed by atoms with van der Waals surface area (Å²) in [4.78, 5) is -0.232. The minimum Gasteiger partial charge on any atom is -0.491 e. The van der Waals surface area contributed by atoms with Crippen LogP contribution in [-0.4, -0.2) is 22.9 Å². The van der Waals surface area contributed by atoms with Crippen LogP contribution in [0.25, 0.3) is 0 Å². The van der Waals surface area contributed by atoms with E-state index >= 15 is 0 Å². The zero-order valence-corrected chi connectivity index (χ0v) is 18.6. The highest BCUT2D eigenvalue weighted by molar-refractivity contribution is 7.93. The van der Waals surface area contributed by atoms with Gasteiger partial charge in [-0.3, -0.25) is 4.72 Å². The van der Waals surface area contributed by atoms with Gasteiger partial charge >= 0.3 is 0 Å². The second-order valence-corrected chi connectivity index (χ2v) is 10.7. The van der Waals surface area contributed by atoms with Crippen molar-refractivity contribution in [3.63, 3.8) is 0 Å². The molecule has 0 bridgehead atoms. The lowest BCUT2D eigenvalue weighted by molar-refractivity contribution is 0.242. The number of ether oxygens (including phenoxy) is 1. The summed E-state index contributed by atoms with van der Waals surface area (Å²) in [6, 6.07) is 17.6. The van der Waals surface area contributed by atoms with Crippen molar-refractivity contribution in [1.82, 2.24) is 0 Å². The van der Waals surface area contributed by atoms with E-state index in [1.807, 2.05) is 13.8 Å². The molecule has 3 aromatic rings. The van der Waals surface area contributed by atoms with Crippen LogP contribution >= 0.6 is 11.6 Å². The van der Waals surface area contributed by atoms with Gasteiger partial charge in [0.15, 0.2) is 0 Å². The monoisotopic (exact) mass is 465 g/mol. The summed E-state index contributed by atoms with van der Waals surface area (Å²) in [6.07, 6.45) is -0.0506. The summed E-state index contributed by atoms with van der Waals surface area (Å²) in [5, 5.41) is 0.169. The summed E-state index contributed by atoms with van der Waals surface area (Å²) in [7, 11) is -8.05. The highest BCUT2D eigenvalue weighted by atomic mass is 35.5. The van der Waals surface area contributed by atoms with Gasteiger partial charge < -0.3 is 4.74 Å². The summed E-state index contributed by atoms with van der Waals surface area (Å²) in [5.41, 5.74) is -0.0919. The lowest BCUT2D eigenvalue weighted by atomic mass is 10.3. The maximum atomic E-state index is 13.1. The number of halogens is 1. The Bertz CT molecular complexity index is 1240. The molecule has 0 heterocycles. The minimum absolute atomic E-state index is 0.0305. The van der Waals surface area contributed by atoms with Crippen LogP contribution in [0.15, 0.2) is 87.5 Å². The van der Waals surface area contributed by atoms with Gasteiger partial charge in [0.05, 0.1) is 26.5 Å². The fourth-order valence-electron chi connectivity index (χ4n) is 2.70. The van der Waals surface area contributed by atoms with Crippen molar-refractivity contribution in [2.75, 3.05) is 4.72 Å². The summed E-state index contributed by atoms with van der Waals surface area (Å²) >= 11 is 6.00. The van der Waals surface area contributed by atoms with Gasteiger partial charge in [-0.25, -0.2) is 16.8 Å². The molecule has 0 amide bonds. The zero-order chi connectivity index (χ0) is 21.9. The fourth-order valence-corrected chi connectivity index (χ4v) is 5.54. The molecule has 0 atom stereocenters. The van der Waals surface area contributed by atoms with Gasteiger partial charge in [-0.05, 0) is 68.4 Å². The minimum atomic E-state index is -4.05. The third-order valence-corrected chi connectivity index (χ3v) is 7.46. The molecule has 0 spiro atoms. The SMILES string of the molecule is CC(C)Oc1ccc(S(=O)(=O)Nc2ccc(Cl)cc2S(=O)(=O)c2ccccc2)cc1. The number of nitrogens with one attached hydrogen (secondary N) is 1. The molecule has 0 radical (unpaired) electrons. The van der Waals surface area contributed by atoms with Crippen LogP contribution in [0.3, 0.4) is 0 Å². The Hall–Kier alpha value is -2.55. The van der Waals surface area contributed by atoms with Crippen LogP contribution in [0.5, 0.6) is 5.75 Å². The molecule has 158 valence electrons. The first-order valence-corrected chi connectivity index (χ1v) is 12.3.